The molecule has 1 aliphatic heterocycles. The molecule has 1 fully saturated rings. The van der Waals surface area contributed by atoms with Gasteiger partial charge in [0.05, 0.1) is 6.20 Å². The van der Waals surface area contributed by atoms with E-state index >= 15 is 0 Å². The number of nitrogens with one attached hydrogen (secondary N) is 1. The van der Waals surface area contributed by atoms with Gasteiger partial charge in [-0.1, -0.05) is 12.1 Å². The van der Waals surface area contributed by atoms with Crippen molar-refractivity contribution in [3.8, 4) is 23.0 Å². The lowest BCUT2D eigenvalue weighted by Crippen LogP contribution is -2.43. The van der Waals surface area contributed by atoms with E-state index in [-0.39, 0.29) is 5.91 Å². The van der Waals surface area contributed by atoms with E-state index in [1.807, 2.05) is 50.4 Å². The van der Waals surface area contributed by atoms with Gasteiger partial charge in [-0.3, -0.25) is 19.4 Å². The maximum atomic E-state index is 13.4. The third-order valence-corrected chi connectivity index (χ3v) is 7.74. The Morgan fingerprint density at radius 1 is 0.952 bits per heavy atom. The second-order valence-electron chi connectivity index (χ2n) is 10.9. The van der Waals surface area contributed by atoms with Gasteiger partial charge < -0.3 is 15.0 Å². The van der Waals surface area contributed by atoms with Crippen LogP contribution in [0.25, 0.3) is 22.4 Å². The summed E-state index contributed by atoms with van der Waals surface area (Å²) in [6.07, 6.45) is 5.08. The first kappa shape index (κ1) is 27.5. The van der Waals surface area contributed by atoms with Crippen molar-refractivity contribution >= 4 is 22.6 Å². The summed E-state index contributed by atoms with van der Waals surface area (Å²) in [7, 11) is 3.99. The molecule has 0 spiro atoms. The van der Waals surface area contributed by atoms with Crippen LogP contribution >= 0.6 is 0 Å². The lowest BCUT2D eigenvalue weighted by atomic mass is 10.1. The van der Waals surface area contributed by atoms with E-state index in [1.165, 1.54) is 5.56 Å². The number of nitrogens with zero attached hydrogens (tertiary/aromatic N) is 7. The molecule has 2 aromatic carbocycles. The largest absolute Gasteiger partial charge is 0.438 e. The number of amides is 1. The fourth-order valence-corrected chi connectivity index (χ4v) is 5.12. The minimum atomic E-state index is -0.200. The predicted octanol–water partition coefficient (Wildman–Crippen LogP) is 4.83. The number of likely N-dealkylation sites (N-methyl/N-ethyl adjacent to an activating group) is 1. The third kappa shape index (κ3) is 5.86. The van der Waals surface area contributed by atoms with Crippen LogP contribution in [0.15, 0.2) is 67.1 Å². The second kappa shape index (κ2) is 11.7. The molecule has 1 N–H and O–H groups in total. The zero-order valence-electron chi connectivity index (χ0n) is 24.3. The first-order valence-corrected chi connectivity index (χ1v) is 14.0. The summed E-state index contributed by atoms with van der Waals surface area (Å²) in [6.45, 7) is 9.24. The zero-order valence-corrected chi connectivity index (χ0v) is 24.3. The summed E-state index contributed by atoms with van der Waals surface area (Å²) in [4.78, 5) is 31.8. The number of hydrogen-bond donors (Lipinski definition) is 1. The van der Waals surface area contributed by atoms with Gasteiger partial charge in [-0.05, 0) is 74.0 Å². The number of aryl methyl sites for hydroxylation is 3. The molecule has 1 aliphatic rings. The average molecular weight is 563 g/mol. The Kier molecular flexibility index (Phi) is 7.64. The van der Waals surface area contributed by atoms with Crippen molar-refractivity contribution in [1.29, 1.82) is 0 Å². The fraction of sp³-hybridized carbons (Fsp3) is 0.281. The van der Waals surface area contributed by atoms with Crippen molar-refractivity contribution in [2.45, 2.75) is 20.4 Å². The quantitative estimate of drug-likeness (QED) is 0.301. The molecule has 0 saturated carbocycles. The molecule has 0 aliphatic carbocycles. The van der Waals surface area contributed by atoms with Gasteiger partial charge in [-0.15, -0.1) is 0 Å². The molecule has 42 heavy (non-hydrogen) atoms. The van der Waals surface area contributed by atoms with Gasteiger partial charge in [0, 0.05) is 69.0 Å². The Labute approximate surface area is 245 Å². The molecule has 0 unspecified atom stereocenters. The Morgan fingerprint density at radius 2 is 1.79 bits per heavy atom. The number of aromatic nitrogens is 5. The first-order valence-electron chi connectivity index (χ1n) is 14.0. The third-order valence-electron chi connectivity index (χ3n) is 7.74. The smallest absolute Gasteiger partial charge is 0.256 e. The van der Waals surface area contributed by atoms with E-state index < -0.39 is 0 Å². The zero-order chi connectivity index (χ0) is 29.2. The van der Waals surface area contributed by atoms with Crippen LogP contribution in [0, 0.1) is 13.8 Å². The second-order valence-corrected chi connectivity index (χ2v) is 10.9. The molecule has 214 valence electrons. The highest BCUT2D eigenvalue weighted by Gasteiger charge is 2.18. The average Bonchev–Trinajstić information content (AvgIpc) is 3.37. The number of pyridine rings is 1. The maximum Gasteiger partial charge on any atom is 0.256 e. The summed E-state index contributed by atoms with van der Waals surface area (Å²) >= 11 is 0. The highest BCUT2D eigenvalue weighted by atomic mass is 16.5. The van der Waals surface area contributed by atoms with Gasteiger partial charge in [-0.2, -0.15) is 10.1 Å². The van der Waals surface area contributed by atoms with Gasteiger partial charge in [0.25, 0.3) is 5.91 Å². The molecular weight excluding hydrogens is 528 g/mol. The Morgan fingerprint density at radius 3 is 2.55 bits per heavy atom. The summed E-state index contributed by atoms with van der Waals surface area (Å²) in [5, 5.41) is 8.08. The van der Waals surface area contributed by atoms with E-state index in [4.69, 9.17) is 4.74 Å². The number of carbonyl (C=O) groups is 1. The van der Waals surface area contributed by atoms with Crippen molar-refractivity contribution in [2.24, 2.45) is 7.05 Å². The summed E-state index contributed by atoms with van der Waals surface area (Å²) in [5.74, 6) is 1.12. The van der Waals surface area contributed by atoms with Gasteiger partial charge >= 0.3 is 0 Å². The Hall–Kier alpha value is -4.67. The van der Waals surface area contributed by atoms with Crippen LogP contribution in [0.4, 0.5) is 5.69 Å². The van der Waals surface area contributed by atoms with Crippen LogP contribution in [-0.4, -0.2) is 73.7 Å². The van der Waals surface area contributed by atoms with Crippen LogP contribution in [-0.2, 0) is 13.6 Å². The molecule has 6 rings (SSSR count). The number of rotatable bonds is 7. The molecule has 5 aromatic rings. The molecule has 10 heteroatoms. The summed E-state index contributed by atoms with van der Waals surface area (Å²) < 4.78 is 7.94. The molecule has 0 atom stereocenters. The van der Waals surface area contributed by atoms with E-state index in [0.717, 1.165) is 55.1 Å². The summed E-state index contributed by atoms with van der Waals surface area (Å²) in [6, 6.07) is 15.3. The van der Waals surface area contributed by atoms with Gasteiger partial charge in [0.1, 0.15) is 11.1 Å². The molecule has 0 radical (unpaired) electrons. The number of benzene rings is 2. The lowest BCUT2D eigenvalue weighted by molar-refractivity contribution is 0.102. The van der Waals surface area contributed by atoms with Crippen LogP contribution in [0.5, 0.6) is 11.6 Å². The molecule has 3 aromatic heterocycles. The van der Waals surface area contributed by atoms with Crippen molar-refractivity contribution < 1.29 is 9.53 Å². The highest BCUT2D eigenvalue weighted by Crippen LogP contribution is 2.31. The van der Waals surface area contributed by atoms with Crippen LogP contribution in [0.1, 0.15) is 27.0 Å². The molecule has 10 nitrogen and oxygen atoms in total. The molecular formula is C32H34N8O2. The van der Waals surface area contributed by atoms with Crippen LogP contribution in [0.3, 0.4) is 0 Å². The minimum Gasteiger partial charge on any atom is -0.438 e. The lowest BCUT2D eigenvalue weighted by Gasteiger charge is -2.32. The van der Waals surface area contributed by atoms with Gasteiger partial charge in [-0.25, -0.2) is 4.98 Å². The number of piperazine rings is 1. The minimum absolute atomic E-state index is 0.200. The van der Waals surface area contributed by atoms with Crippen molar-refractivity contribution in [3.63, 3.8) is 0 Å². The maximum absolute atomic E-state index is 13.4. The summed E-state index contributed by atoms with van der Waals surface area (Å²) in [5.41, 5.74) is 5.97. The number of ether oxygens (including phenoxy) is 1. The highest BCUT2D eigenvalue weighted by molar-refractivity contribution is 6.05. The standard InChI is InChI=1S/C32H34N8O2/c1-21-7-10-26(42-32-28-19-34-39(4)30(28)36-29(37-32)23-6-5-11-33-18-23)17-27(21)31(41)35-25-9-8-24(22(2)16-25)20-40-14-12-38(3)13-15-40/h5-11,16-19H,12-15,20H2,1-4H3,(H,35,41). The first-order chi connectivity index (χ1) is 20.3. The van der Waals surface area contributed by atoms with Crippen LogP contribution < -0.4 is 10.1 Å². The number of carbonyl (C=O) groups excluding carboxylic acids is 1. The number of hydrogen-bond acceptors (Lipinski definition) is 8. The van der Waals surface area contributed by atoms with Gasteiger partial charge in [0.15, 0.2) is 11.5 Å². The number of fused-ring (bicyclic) bond motifs is 1. The van der Waals surface area contributed by atoms with Gasteiger partial charge in [0.2, 0.25) is 5.88 Å². The van der Waals surface area contributed by atoms with Crippen molar-refractivity contribution in [1.82, 2.24) is 34.5 Å². The van der Waals surface area contributed by atoms with Crippen molar-refractivity contribution in [2.75, 3.05) is 38.5 Å². The van der Waals surface area contributed by atoms with Crippen LogP contribution in [0.2, 0.25) is 0 Å². The van der Waals surface area contributed by atoms with Crippen molar-refractivity contribution in [3.05, 3.63) is 89.4 Å². The Bertz CT molecular complexity index is 1740. The Balaban J connectivity index is 1.21. The topological polar surface area (TPSA) is 101 Å². The molecule has 0 bridgehead atoms. The van der Waals surface area contributed by atoms with E-state index in [2.05, 4.69) is 55.2 Å². The van der Waals surface area contributed by atoms with E-state index in [0.29, 0.717) is 34.1 Å². The van der Waals surface area contributed by atoms with E-state index in [9.17, 15) is 4.79 Å². The predicted molar refractivity (Wildman–Crippen MR) is 163 cm³/mol. The molecule has 4 heterocycles. The van der Waals surface area contributed by atoms with E-state index in [1.54, 1.807) is 29.3 Å². The normalized spacial score (nSPS) is 14.3. The number of anilines is 1. The monoisotopic (exact) mass is 562 g/mol. The molecule has 1 amide bonds. The molecule has 1 saturated heterocycles. The fourth-order valence-electron chi connectivity index (χ4n) is 5.12. The SMILES string of the molecule is Cc1cc(NC(=O)c2cc(Oc3nc(-c4cccnc4)nc4c3cnn4C)ccc2C)ccc1CN1CCN(C)CC1.